The minimum Gasteiger partial charge on any atom is -0.478 e. The Morgan fingerprint density at radius 2 is 1.53 bits per heavy atom. The average molecular weight is 617 g/mol. The lowest BCUT2D eigenvalue weighted by Gasteiger charge is -2.30. The van der Waals surface area contributed by atoms with Gasteiger partial charge in [-0.25, -0.2) is 33.5 Å². The minimum atomic E-state index is -4.59. The van der Waals surface area contributed by atoms with Gasteiger partial charge in [-0.3, -0.25) is 0 Å². The van der Waals surface area contributed by atoms with E-state index in [2.05, 4.69) is 20.2 Å². The summed E-state index contributed by atoms with van der Waals surface area (Å²) >= 11 is 0. The standard InChI is InChI=1S/C18H20F4N4O.2C4H4O4/c1-11-15(14-4-3-12(7-16(14)19)18(20,21)22)9-24-17(25-11)23-8-13-10-26(2)5-6-27-13;2*5-3(6)1-2-4(7)8/h3-4,7,9,13H,5-6,8,10H2,1-2H3,(H,23,24,25);2*1-2H,(H,5,6)(H,7,8)/b;2*2-1+/t13-;;/m0../s1. The number of alkyl halides is 3. The molecule has 5 N–H and O–H groups in total. The number of ether oxygens (including phenoxy) is 1. The maximum absolute atomic E-state index is 14.2. The van der Waals surface area contributed by atoms with Crippen LogP contribution >= 0.6 is 0 Å². The molecule has 0 radical (unpaired) electrons. The van der Waals surface area contributed by atoms with Crippen LogP contribution in [0.1, 0.15) is 11.3 Å². The first-order valence-corrected chi connectivity index (χ1v) is 12.0. The molecule has 234 valence electrons. The van der Waals surface area contributed by atoms with Crippen LogP contribution < -0.4 is 5.32 Å². The Labute approximate surface area is 241 Å². The summed E-state index contributed by atoms with van der Waals surface area (Å²) in [5.41, 5.74) is -0.185. The van der Waals surface area contributed by atoms with E-state index in [1.807, 2.05) is 7.05 Å². The summed E-state index contributed by atoms with van der Waals surface area (Å²) in [6.07, 6.45) is -0.937. The Morgan fingerprint density at radius 1 is 1.00 bits per heavy atom. The van der Waals surface area contributed by atoms with Gasteiger partial charge < -0.3 is 35.4 Å². The smallest absolute Gasteiger partial charge is 0.416 e. The van der Waals surface area contributed by atoms with Gasteiger partial charge in [0.25, 0.3) is 0 Å². The average Bonchev–Trinajstić information content (AvgIpc) is 2.90. The van der Waals surface area contributed by atoms with Gasteiger partial charge in [-0.05, 0) is 26.1 Å². The number of carboxylic acids is 4. The fourth-order valence-electron chi connectivity index (χ4n) is 3.21. The van der Waals surface area contributed by atoms with E-state index in [0.717, 1.165) is 25.2 Å². The van der Waals surface area contributed by atoms with E-state index in [4.69, 9.17) is 25.2 Å². The van der Waals surface area contributed by atoms with Gasteiger partial charge in [0, 0.05) is 61.3 Å². The fraction of sp³-hybridized carbons (Fsp3) is 0.308. The third-order valence-electron chi connectivity index (χ3n) is 5.13. The van der Waals surface area contributed by atoms with E-state index in [1.54, 1.807) is 6.92 Å². The van der Waals surface area contributed by atoms with E-state index in [1.165, 1.54) is 6.20 Å². The van der Waals surface area contributed by atoms with Crippen molar-refractivity contribution in [3.8, 4) is 11.1 Å². The third kappa shape index (κ3) is 14.5. The van der Waals surface area contributed by atoms with Crippen LogP contribution in [0.15, 0.2) is 48.7 Å². The monoisotopic (exact) mass is 616 g/mol. The van der Waals surface area contributed by atoms with Crippen LogP contribution in [0.25, 0.3) is 11.1 Å². The van der Waals surface area contributed by atoms with E-state index >= 15 is 0 Å². The number of likely N-dealkylation sites (N-methyl/N-ethyl adjacent to an activating group) is 1. The molecule has 1 aromatic heterocycles. The number of halogens is 4. The molecule has 2 aromatic rings. The summed E-state index contributed by atoms with van der Waals surface area (Å²) in [4.78, 5) is 48.8. The van der Waals surface area contributed by atoms with Crippen molar-refractivity contribution in [2.45, 2.75) is 19.2 Å². The first-order chi connectivity index (χ1) is 20.0. The molecular weight excluding hydrogens is 588 g/mol. The highest BCUT2D eigenvalue weighted by Gasteiger charge is 2.31. The number of benzene rings is 1. The number of carbonyl (C=O) groups is 4. The first-order valence-electron chi connectivity index (χ1n) is 12.0. The van der Waals surface area contributed by atoms with E-state index in [-0.39, 0.29) is 11.7 Å². The summed E-state index contributed by atoms with van der Waals surface area (Å²) in [7, 11) is 2.02. The fourth-order valence-corrected chi connectivity index (χ4v) is 3.21. The van der Waals surface area contributed by atoms with Gasteiger partial charge in [0.15, 0.2) is 0 Å². The number of rotatable bonds is 8. The Hall–Kier alpha value is -4.90. The topological polar surface area (TPSA) is 199 Å². The van der Waals surface area contributed by atoms with Gasteiger partial charge in [0.2, 0.25) is 5.95 Å². The molecule has 1 saturated heterocycles. The lowest BCUT2D eigenvalue weighted by Crippen LogP contribution is -2.43. The van der Waals surface area contributed by atoms with Crippen LogP contribution in [0.3, 0.4) is 0 Å². The Balaban J connectivity index is 0.000000476. The predicted octanol–water partition coefficient (Wildman–Crippen LogP) is 2.78. The molecule has 43 heavy (non-hydrogen) atoms. The van der Waals surface area contributed by atoms with E-state index in [9.17, 15) is 36.7 Å². The zero-order valence-corrected chi connectivity index (χ0v) is 22.7. The molecule has 17 heteroatoms. The summed E-state index contributed by atoms with van der Waals surface area (Å²) in [5.74, 6) is -5.63. The van der Waals surface area contributed by atoms with Crippen LogP contribution in [-0.4, -0.2) is 98.6 Å². The molecule has 0 unspecified atom stereocenters. The Bertz CT molecular complexity index is 1280. The van der Waals surface area contributed by atoms with Crippen molar-refractivity contribution in [2.75, 3.05) is 38.6 Å². The number of hydrogen-bond donors (Lipinski definition) is 5. The highest BCUT2D eigenvalue weighted by molar-refractivity contribution is 5.90. The third-order valence-corrected chi connectivity index (χ3v) is 5.13. The van der Waals surface area contributed by atoms with Gasteiger partial charge in [0.05, 0.1) is 24.0 Å². The second kappa shape index (κ2) is 17.1. The van der Waals surface area contributed by atoms with Crippen LogP contribution in [-0.2, 0) is 30.1 Å². The molecule has 1 aliphatic heterocycles. The summed E-state index contributed by atoms with van der Waals surface area (Å²) < 4.78 is 57.9. The SMILES string of the molecule is Cc1nc(NC[C@H]2CN(C)CCO2)ncc1-c1ccc(C(F)(F)F)cc1F.O=C(O)/C=C/C(=O)O.O=C(O)/C=C/C(=O)O. The Kier molecular flexibility index (Phi) is 14.4. The molecule has 0 aliphatic carbocycles. The summed E-state index contributed by atoms with van der Waals surface area (Å²) in [6, 6.07) is 2.43. The van der Waals surface area contributed by atoms with Crippen molar-refractivity contribution in [1.82, 2.24) is 14.9 Å². The molecule has 0 saturated carbocycles. The van der Waals surface area contributed by atoms with Gasteiger partial charge in [0.1, 0.15) is 5.82 Å². The summed E-state index contributed by atoms with van der Waals surface area (Å²) in [5, 5.41) is 34.3. The van der Waals surface area contributed by atoms with Crippen LogP contribution in [0.5, 0.6) is 0 Å². The zero-order valence-electron chi connectivity index (χ0n) is 22.7. The molecule has 3 rings (SSSR count). The molecule has 1 atom stereocenters. The number of aliphatic carboxylic acids is 4. The predicted molar refractivity (Wildman–Crippen MR) is 142 cm³/mol. The molecule has 1 fully saturated rings. The Morgan fingerprint density at radius 3 is 1.95 bits per heavy atom. The van der Waals surface area contributed by atoms with Crippen LogP contribution in [0, 0.1) is 12.7 Å². The molecule has 0 bridgehead atoms. The van der Waals surface area contributed by atoms with Crippen LogP contribution in [0.2, 0.25) is 0 Å². The van der Waals surface area contributed by atoms with Crippen molar-refractivity contribution in [3.05, 3.63) is 65.8 Å². The normalized spacial score (nSPS) is 15.2. The zero-order chi connectivity index (χ0) is 32.7. The number of hydrogen-bond acceptors (Lipinski definition) is 9. The van der Waals surface area contributed by atoms with E-state index < -0.39 is 41.4 Å². The van der Waals surface area contributed by atoms with Gasteiger partial charge in [-0.2, -0.15) is 13.2 Å². The number of carboxylic acid groups (broad SMARTS) is 4. The number of aromatic nitrogens is 2. The number of nitrogens with one attached hydrogen (secondary N) is 1. The molecule has 2 heterocycles. The number of anilines is 1. The second-order valence-corrected chi connectivity index (χ2v) is 8.54. The molecule has 13 nitrogen and oxygen atoms in total. The number of aryl methyl sites for hydroxylation is 1. The maximum atomic E-state index is 14.2. The molecule has 0 spiro atoms. The molecule has 1 aromatic carbocycles. The number of nitrogens with zero attached hydrogens (tertiary/aromatic N) is 3. The second-order valence-electron chi connectivity index (χ2n) is 8.54. The van der Waals surface area contributed by atoms with Gasteiger partial charge in [-0.15, -0.1) is 0 Å². The van der Waals surface area contributed by atoms with Gasteiger partial charge in [-0.1, -0.05) is 6.07 Å². The maximum Gasteiger partial charge on any atom is 0.416 e. The highest BCUT2D eigenvalue weighted by atomic mass is 19.4. The van der Waals surface area contributed by atoms with Crippen molar-refractivity contribution in [2.24, 2.45) is 0 Å². The molecule has 0 amide bonds. The van der Waals surface area contributed by atoms with Crippen molar-refractivity contribution < 1.29 is 61.9 Å². The lowest BCUT2D eigenvalue weighted by atomic mass is 10.0. The minimum absolute atomic E-state index is 0.0136. The lowest BCUT2D eigenvalue weighted by molar-refractivity contribution is -0.138. The van der Waals surface area contributed by atoms with Crippen molar-refractivity contribution >= 4 is 29.8 Å². The largest absolute Gasteiger partial charge is 0.478 e. The van der Waals surface area contributed by atoms with E-state index in [0.29, 0.717) is 60.7 Å². The van der Waals surface area contributed by atoms with Crippen LogP contribution in [0.4, 0.5) is 23.5 Å². The quantitative estimate of drug-likeness (QED) is 0.214. The molecular formula is C26H28F4N4O9. The van der Waals surface area contributed by atoms with Gasteiger partial charge >= 0.3 is 30.1 Å². The van der Waals surface area contributed by atoms with Crippen molar-refractivity contribution in [3.63, 3.8) is 0 Å². The number of morpholine rings is 1. The first kappa shape index (κ1) is 36.1. The summed E-state index contributed by atoms with van der Waals surface area (Å²) in [6.45, 7) is 4.52. The molecule has 1 aliphatic rings. The van der Waals surface area contributed by atoms with Crippen molar-refractivity contribution in [1.29, 1.82) is 0 Å². The highest BCUT2D eigenvalue weighted by Crippen LogP contribution is 2.33.